The van der Waals surface area contributed by atoms with Crippen LogP contribution in [0.3, 0.4) is 0 Å². The highest BCUT2D eigenvalue weighted by atomic mass is 16.5. The molecule has 2 aliphatic rings. The number of para-hydroxylation sites is 1. The number of benzene rings is 1. The molecule has 3 rings (SSSR count). The molecule has 2 amide bonds. The maximum Gasteiger partial charge on any atom is 0.329 e. The molecule has 0 unspecified atom stereocenters. The molecule has 0 saturated carbocycles. The molecule has 170 valence electrons. The van der Waals surface area contributed by atoms with Gasteiger partial charge in [0.2, 0.25) is 11.8 Å². The second-order valence-electron chi connectivity index (χ2n) is 8.44. The standard InChI is InChI=1S/C23H32N2O6/c1-24-14-15-31-19-8-3-2-6-18(19)7-4-5-9-23(22(24)29)10-12-25(13-11-23)20(26)16-30-17-21(27)28/h2-3,6,8H,4-5,7,9-17H2,1H3,(H,27,28). The van der Waals surface area contributed by atoms with Gasteiger partial charge in [-0.1, -0.05) is 24.6 Å². The fraction of sp³-hybridized carbons (Fsp3) is 0.609. The molecule has 0 aliphatic carbocycles. The van der Waals surface area contributed by atoms with Crippen molar-refractivity contribution in [2.75, 3.05) is 46.5 Å². The third kappa shape index (κ3) is 5.97. The molecular formula is C23H32N2O6. The summed E-state index contributed by atoms with van der Waals surface area (Å²) in [5.74, 6) is -0.302. The number of nitrogens with zero attached hydrogens (tertiary/aromatic N) is 2. The molecule has 1 N–H and O–H groups in total. The summed E-state index contributed by atoms with van der Waals surface area (Å²) in [6.07, 6.45) is 4.85. The van der Waals surface area contributed by atoms with E-state index < -0.39 is 18.0 Å². The minimum absolute atomic E-state index is 0.124. The lowest BCUT2D eigenvalue weighted by atomic mass is 9.73. The Bertz CT molecular complexity index is 788. The second kappa shape index (κ2) is 10.6. The van der Waals surface area contributed by atoms with E-state index in [1.54, 1.807) is 9.80 Å². The van der Waals surface area contributed by atoms with Crippen LogP contribution in [-0.2, 0) is 25.5 Å². The molecule has 0 bridgehead atoms. The number of carbonyl (C=O) groups excluding carboxylic acids is 2. The van der Waals surface area contributed by atoms with Gasteiger partial charge in [0.15, 0.2) is 0 Å². The molecule has 1 saturated heterocycles. The summed E-state index contributed by atoms with van der Waals surface area (Å²) in [6, 6.07) is 8.08. The summed E-state index contributed by atoms with van der Waals surface area (Å²) in [5.41, 5.74) is 0.736. The molecule has 1 aromatic carbocycles. The highest BCUT2D eigenvalue weighted by Gasteiger charge is 2.43. The van der Waals surface area contributed by atoms with Crippen LogP contribution in [0.4, 0.5) is 0 Å². The van der Waals surface area contributed by atoms with E-state index in [9.17, 15) is 14.4 Å². The summed E-state index contributed by atoms with van der Waals surface area (Å²) in [7, 11) is 1.82. The number of ether oxygens (including phenoxy) is 2. The number of likely N-dealkylation sites (tertiary alicyclic amines) is 1. The van der Waals surface area contributed by atoms with E-state index in [1.165, 1.54) is 5.56 Å². The molecule has 31 heavy (non-hydrogen) atoms. The number of carboxylic acid groups (broad SMARTS) is 1. The van der Waals surface area contributed by atoms with Crippen LogP contribution in [0, 0.1) is 5.41 Å². The first-order chi connectivity index (χ1) is 14.9. The highest BCUT2D eigenvalue weighted by molar-refractivity contribution is 5.83. The third-order valence-corrected chi connectivity index (χ3v) is 6.33. The van der Waals surface area contributed by atoms with Crippen molar-refractivity contribution in [2.24, 2.45) is 5.41 Å². The van der Waals surface area contributed by atoms with Crippen molar-refractivity contribution in [1.82, 2.24) is 9.80 Å². The molecule has 8 nitrogen and oxygen atoms in total. The van der Waals surface area contributed by atoms with Gasteiger partial charge in [0.05, 0.1) is 12.0 Å². The van der Waals surface area contributed by atoms with Gasteiger partial charge in [0, 0.05) is 20.1 Å². The molecular weight excluding hydrogens is 400 g/mol. The highest BCUT2D eigenvalue weighted by Crippen LogP contribution is 2.39. The Kier molecular flexibility index (Phi) is 7.90. The lowest BCUT2D eigenvalue weighted by Crippen LogP contribution is -2.51. The predicted octanol–water partition coefficient (Wildman–Crippen LogP) is 1.96. The Morgan fingerprint density at radius 3 is 2.58 bits per heavy atom. The van der Waals surface area contributed by atoms with Crippen LogP contribution < -0.4 is 4.74 Å². The van der Waals surface area contributed by atoms with E-state index in [0.717, 1.165) is 31.4 Å². The molecule has 1 fully saturated rings. The molecule has 2 aliphatic heterocycles. The Labute approximate surface area is 183 Å². The first-order valence-electron chi connectivity index (χ1n) is 10.9. The Morgan fingerprint density at radius 1 is 1.10 bits per heavy atom. The van der Waals surface area contributed by atoms with Crippen molar-refractivity contribution >= 4 is 17.8 Å². The van der Waals surface area contributed by atoms with Gasteiger partial charge in [0.1, 0.15) is 25.6 Å². The molecule has 1 spiro atoms. The van der Waals surface area contributed by atoms with Gasteiger partial charge < -0.3 is 24.4 Å². The average molecular weight is 433 g/mol. The number of piperidine rings is 1. The monoisotopic (exact) mass is 432 g/mol. The first-order valence-corrected chi connectivity index (χ1v) is 10.9. The van der Waals surface area contributed by atoms with Crippen molar-refractivity contribution in [1.29, 1.82) is 0 Å². The van der Waals surface area contributed by atoms with E-state index in [-0.39, 0.29) is 18.4 Å². The number of fused-ring (bicyclic) bond motifs is 1. The zero-order valence-corrected chi connectivity index (χ0v) is 18.2. The van der Waals surface area contributed by atoms with Crippen LogP contribution in [0.1, 0.15) is 37.7 Å². The number of hydrogen-bond donors (Lipinski definition) is 1. The summed E-state index contributed by atoms with van der Waals surface area (Å²) in [4.78, 5) is 39.7. The number of aliphatic carboxylic acids is 1. The Morgan fingerprint density at radius 2 is 1.84 bits per heavy atom. The summed E-state index contributed by atoms with van der Waals surface area (Å²) in [6.45, 7) is 1.19. The number of carboxylic acids is 1. The summed E-state index contributed by atoms with van der Waals surface area (Å²) >= 11 is 0. The van der Waals surface area contributed by atoms with E-state index >= 15 is 0 Å². The number of likely N-dealkylation sites (N-methyl/N-ethyl adjacent to an activating group) is 1. The molecule has 8 heteroatoms. The molecule has 0 aromatic heterocycles. The Hall–Kier alpha value is -2.61. The smallest absolute Gasteiger partial charge is 0.329 e. The summed E-state index contributed by atoms with van der Waals surface area (Å²) in [5, 5.41) is 8.64. The maximum atomic E-state index is 13.4. The average Bonchev–Trinajstić information content (AvgIpc) is 2.76. The molecule has 0 atom stereocenters. The second-order valence-corrected chi connectivity index (χ2v) is 8.44. The number of hydrogen-bond acceptors (Lipinski definition) is 5. The fourth-order valence-electron chi connectivity index (χ4n) is 4.50. The Balaban J connectivity index is 1.63. The topological polar surface area (TPSA) is 96.4 Å². The normalized spacial score (nSPS) is 19.7. The molecule has 0 radical (unpaired) electrons. The minimum atomic E-state index is -1.10. The van der Waals surface area contributed by atoms with Crippen LogP contribution in [-0.4, -0.2) is 79.2 Å². The van der Waals surface area contributed by atoms with Crippen LogP contribution in [0.25, 0.3) is 0 Å². The van der Waals surface area contributed by atoms with E-state index in [4.69, 9.17) is 14.6 Å². The number of carbonyl (C=O) groups is 3. The predicted molar refractivity (Wildman–Crippen MR) is 114 cm³/mol. The van der Waals surface area contributed by atoms with Gasteiger partial charge in [-0.25, -0.2) is 4.79 Å². The zero-order valence-electron chi connectivity index (χ0n) is 18.2. The van der Waals surface area contributed by atoms with Crippen LogP contribution in [0.2, 0.25) is 0 Å². The van der Waals surface area contributed by atoms with Crippen LogP contribution >= 0.6 is 0 Å². The third-order valence-electron chi connectivity index (χ3n) is 6.33. The lowest BCUT2D eigenvalue weighted by Gasteiger charge is -2.43. The van der Waals surface area contributed by atoms with E-state index in [1.807, 2.05) is 25.2 Å². The van der Waals surface area contributed by atoms with Gasteiger partial charge in [-0.15, -0.1) is 0 Å². The first kappa shape index (κ1) is 23.1. The van der Waals surface area contributed by atoms with Gasteiger partial charge in [-0.2, -0.15) is 0 Å². The largest absolute Gasteiger partial charge is 0.491 e. The minimum Gasteiger partial charge on any atom is -0.491 e. The van der Waals surface area contributed by atoms with E-state index in [0.29, 0.717) is 39.1 Å². The van der Waals surface area contributed by atoms with Gasteiger partial charge in [-0.3, -0.25) is 9.59 Å². The number of aryl methyl sites for hydroxylation is 1. The van der Waals surface area contributed by atoms with Gasteiger partial charge >= 0.3 is 5.97 Å². The molecule has 1 aromatic rings. The van der Waals surface area contributed by atoms with Crippen molar-refractivity contribution in [3.63, 3.8) is 0 Å². The summed E-state index contributed by atoms with van der Waals surface area (Å²) < 4.78 is 10.9. The number of amides is 2. The number of rotatable bonds is 4. The van der Waals surface area contributed by atoms with Crippen molar-refractivity contribution < 1.29 is 29.0 Å². The van der Waals surface area contributed by atoms with Gasteiger partial charge in [0.25, 0.3) is 0 Å². The van der Waals surface area contributed by atoms with Crippen molar-refractivity contribution in [3.8, 4) is 5.75 Å². The van der Waals surface area contributed by atoms with Gasteiger partial charge in [-0.05, 0) is 43.7 Å². The quantitative estimate of drug-likeness (QED) is 0.781. The zero-order chi connectivity index (χ0) is 22.3. The fourth-order valence-corrected chi connectivity index (χ4v) is 4.50. The van der Waals surface area contributed by atoms with Crippen LogP contribution in [0.15, 0.2) is 24.3 Å². The van der Waals surface area contributed by atoms with Crippen molar-refractivity contribution in [3.05, 3.63) is 29.8 Å². The SMILES string of the molecule is CN1CCOc2ccccc2CCCCC2(CCN(C(=O)COCC(=O)O)CC2)C1=O. The maximum absolute atomic E-state index is 13.4. The van der Waals surface area contributed by atoms with Crippen LogP contribution in [0.5, 0.6) is 5.75 Å². The van der Waals surface area contributed by atoms with E-state index in [2.05, 4.69) is 6.07 Å². The lowest BCUT2D eigenvalue weighted by molar-refractivity contribution is -0.151. The molecule has 2 heterocycles. The van der Waals surface area contributed by atoms with Crippen molar-refractivity contribution in [2.45, 2.75) is 38.5 Å².